The third kappa shape index (κ3) is 4.76. The Morgan fingerprint density at radius 1 is 1.50 bits per heavy atom. The molecule has 1 saturated heterocycles. The molecule has 1 heterocycles. The normalized spacial score (nSPS) is 22.9. The molecule has 1 fully saturated rings. The molecule has 0 aromatic heterocycles. The summed E-state index contributed by atoms with van der Waals surface area (Å²) in [6, 6.07) is -0.231. The van der Waals surface area contributed by atoms with Gasteiger partial charge in [-0.15, -0.1) is 0 Å². The SMILES string of the molecule is CCC(C)C(NC(=O)CN1CCNC[C@@H]1C)C(=O)OC. The van der Waals surface area contributed by atoms with Crippen LogP contribution in [0.1, 0.15) is 27.2 Å². The molecule has 2 N–H and O–H groups in total. The van der Waals surface area contributed by atoms with Crippen molar-refractivity contribution in [2.75, 3.05) is 33.3 Å². The van der Waals surface area contributed by atoms with Crippen molar-refractivity contribution in [1.82, 2.24) is 15.5 Å². The smallest absolute Gasteiger partial charge is 0.328 e. The van der Waals surface area contributed by atoms with Crippen molar-refractivity contribution in [2.45, 2.75) is 39.3 Å². The van der Waals surface area contributed by atoms with E-state index in [4.69, 9.17) is 4.74 Å². The Morgan fingerprint density at radius 3 is 2.75 bits per heavy atom. The first-order valence-electron chi connectivity index (χ1n) is 7.31. The number of piperazine rings is 1. The molecule has 6 nitrogen and oxygen atoms in total. The molecular formula is C14H27N3O3. The van der Waals surface area contributed by atoms with Gasteiger partial charge in [-0.25, -0.2) is 4.79 Å². The Balaban J connectivity index is 2.54. The van der Waals surface area contributed by atoms with Gasteiger partial charge in [0.15, 0.2) is 0 Å². The third-order valence-electron chi connectivity index (χ3n) is 3.97. The van der Waals surface area contributed by atoms with Crippen molar-refractivity contribution in [1.29, 1.82) is 0 Å². The van der Waals surface area contributed by atoms with Crippen LogP contribution in [0.4, 0.5) is 0 Å². The van der Waals surface area contributed by atoms with E-state index in [2.05, 4.69) is 22.5 Å². The fraction of sp³-hybridized carbons (Fsp3) is 0.857. The molecule has 0 aromatic carbocycles. The molecule has 1 aliphatic heterocycles. The predicted octanol–water partition coefficient (Wildman–Crippen LogP) is -0.0160. The maximum absolute atomic E-state index is 12.1. The summed E-state index contributed by atoms with van der Waals surface area (Å²) in [5.41, 5.74) is 0. The summed E-state index contributed by atoms with van der Waals surface area (Å²) >= 11 is 0. The van der Waals surface area contributed by atoms with Crippen LogP contribution in [0.2, 0.25) is 0 Å². The minimum Gasteiger partial charge on any atom is -0.467 e. The van der Waals surface area contributed by atoms with Crippen LogP contribution in [0.25, 0.3) is 0 Å². The maximum Gasteiger partial charge on any atom is 0.328 e. The van der Waals surface area contributed by atoms with E-state index in [1.54, 1.807) is 0 Å². The minimum absolute atomic E-state index is 0.0619. The number of carbonyl (C=O) groups excluding carboxylic acids is 2. The molecular weight excluding hydrogens is 258 g/mol. The molecule has 1 amide bonds. The summed E-state index contributed by atoms with van der Waals surface area (Å²) in [7, 11) is 1.35. The Labute approximate surface area is 121 Å². The molecule has 0 saturated carbocycles. The van der Waals surface area contributed by atoms with Crippen LogP contribution in [0.15, 0.2) is 0 Å². The monoisotopic (exact) mass is 285 g/mol. The zero-order valence-electron chi connectivity index (χ0n) is 12.9. The average molecular weight is 285 g/mol. The van der Waals surface area contributed by atoms with Crippen LogP contribution in [-0.2, 0) is 14.3 Å². The van der Waals surface area contributed by atoms with Crippen LogP contribution >= 0.6 is 0 Å². The lowest BCUT2D eigenvalue weighted by Gasteiger charge is -2.33. The van der Waals surface area contributed by atoms with Crippen LogP contribution in [0.3, 0.4) is 0 Å². The van der Waals surface area contributed by atoms with Crippen molar-refractivity contribution in [2.24, 2.45) is 5.92 Å². The molecule has 0 radical (unpaired) electrons. The van der Waals surface area contributed by atoms with Gasteiger partial charge in [0.25, 0.3) is 0 Å². The Hall–Kier alpha value is -1.14. The van der Waals surface area contributed by atoms with E-state index in [0.29, 0.717) is 12.6 Å². The van der Waals surface area contributed by atoms with Gasteiger partial charge >= 0.3 is 5.97 Å². The standard InChI is InChI=1S/C14H27N3O3/c1-5-10(2)13(14(19)20-4)16-12(18)9-17-7-6-15-8-11(17)3/h10-11,13,15H,5-9H2,1-4H3,(H,16,18)/t10?,11-,13?/m0/s1. The van der Waals surface area contributed by atoms with Crippen molar-refractivity contribution in [3.63, 3.8) is 0 Å². The molecule has 0 aliphatic carbocycles. The molecule has 0 aromatic rings. The first kappa shape index (κ1) is 16.9. The quantitative estimate of drug-likeness (QED) is 0.671. The second-order valence-corrected chi connectivity index (χ2v) is 5.48. The molecule has 0 bridgehead atoms. The highest BCUT2D eigenvalue weighted by Crippen LogP contribution is 2.09. The van der Waals surface area contributed by atoms with Gasteiger partial charge in [-0.2, -0.15) is 0 Å². The number of rotatable bonds is 6. The van der Waals surface area contributed by atoms with Gasteiger partial charge in [0, 0.05) is 25.7 Å². The molecule has 116 valence electrons. The topological polar surface area (TPSA) is 70.7 Å². The van der Waals surface area contributed by atoms with Gasteiger partial charge in [-0.1, -0.05) is 20.3 Å². The Morgan fingerprint density at radius 2 is 2.20 bits per heavy atom. The number of carbonyl (C=O) groups is 2. The second-order valence-electron chi connectivity index (χ2n) is 5.48. The summed E-state index contributed by atoms with van der Waals surface area (Å²) in [5.74, 6) is -0.428. The van der Waals surface area contributed by atoms with E-state index in [1.165, 1.54) is 7.11 Å². The van der Waals surface area contributed by atoms with Crippen LogP contribution < -0.4 is 10.6 Å². The molecule has 1 aliphatic rings. The van der Waals surface area contributed by atoms with Crippen LogP contribution in [-0.4, -0.2) is 62.1 Å². The number of methoxy groups -OCH3 is 1. The largest absolute Gasteiger partial charge is 0.467 e. The second kappa shape index (κ2) is 8.21. The fourth-order valence-corrected chi connectivity index (χ4v) is 2.32. The minimum atomic E-state index is -0.560. The van der Waals surface area contributed by atoms with Gasteiger partial charge in [-0.3, -0.25) is 9.69 Å². The highest BCUT2D eigenvalue weighted by atomic mass is 16.5. The zero-order chi connectivity index (χ0) is 15.1. The van der Waals surface area contributed by atoms with Gasteiger partial charge in [-0.05, 0) is 12.8 Å². The average Bonchev–Trinajstić information content (AvgIpc) is 2.45. The molecule has 3 atom stereocenters. The first-order chi connectivity index (χ1) is 9.49. The van der Waals surface area contributed by atoms with Gasteiger partial charge < -0.3 is 15.4 Å². The molecule has 1 rings (SSSR count). The molecule has 6 heteroatoms. The van der Waals surface area contributed by atoms with E-state index < -0.39 is 6.04 Å². The molecule has 0 spiro atoms. The van der Waals surface area contributed by atoms with E-state index in [9.17, 15) is 9.59 Å². The number of amides is 1. The lowest BCUT2D eigenvalue weighted by molar-refractivity contribution is -0.146. The summed E-state index contributed by atoms with van der Waals surface area (Å²) in [6.45, 7) is 8.97. The van der Waals surface area contributed by atoms with Crippen LogP contribution in [0.5, 0.6) is 0 Å². The number of ether oxygens (including phenoxy) is 1. The van der Waals surface area contributed by atoms with Gasteiger partial charge in [0.1, 0.15) is 6.04 Å². The summed E-state index contributed by atoms with van der Waals surface area (Å²) in [5, 5.41) is 6.10. The van der Waals surface area contributed by atoms with E-state index in [-0.39, 0.29) is 17.8 Å². The number of esters is 1. The van der Waals surface area contributed by atoms with Crippen molar-refractivity contribution >= 4 is 11.9 Å². The third-order valence-corrected chi connectivity index (χ3v) is 3.97. The number of hydrogen-bond donors (Lipinski definition) is 2. The lowest BCUT2D eigenvalue weighted by Crippen LogP contribution is -2.55. The number of hydrogen-bond acceptors (Lipinski definition) is 5. The number of nitrogens with zero attached hydrogens (tertiary/aromatic N) is 1. The summed E-state index contributed by atoms with van der Waals surface area (Å²) in [6.07, 6.45) is 0.810. The summed E-state index contributed by atoms with van der Waals surface area (Å²) in [4.78, 5) is 26.0. The Kier molecular flexibility index (Phi) is 6.95. The summed E-state index contributed by atoms with van der Waals surface area (Å²) < 4.78 is 4.77. The van der Waals surface area contributed by atoms with Crippen LogP contribution in [0, 0.1) is 5.92 Å². The molecule has 20 heavy (non-hydrogen) atoms. The highest BCUT2D eigenvalue weighted by Gasteiger charge is 2.28. The highest BCUT2D eigenvalue weighted by molar-refractivity contribution is 5.85. The van der Waals surface area contributed by atoms with Crippen molar-refractivity contribution in [3.8, 4) is 0 Å². The fourth-order valence-electron chi connectivity index (χ4n) is 2.32. The Bertz CT molecular complexity index is 336. The van der Waals surface area contributed by atoms with Gasteiger partial charge in [0.2, 0.25) is 5.91 Å². The van der Waals surface area contributed by atoms with Crippen molar-refractivity contribution in [3.05, 3.63) is 0 Å². The van der Waals surface area contributed by atoms with E-state index in [0.717, 1.165) is 26.1 Å². The van der Waals surface area contributed by atoms with E-state index in [1.807, 2.05) is 13.8 Å². The molecule has 2 unspecified atom stereocenters. The van der Waals surface area contributed by atoms with Crippen molar-refractivity contribution < 1.29 is 14.3 Å². The van der Waals surface area contributed by atoms with Gasteiger partial charge in [0.05, 0.1) is 13.7 Å². The first-order valence-corrected chi connectivity index (χ1v) is 7.31. The maximum atomic E-state index is 12.1. The predicted molar refractivity (Wildman–Crippen MR) is 77.3 cm³/mol. The zero-order valence-corrected chi connectivity index (χ0v) is 12.9. The van der Waals surface area contributed by atoms with E-state index >= 15 is 0 Å². The number of nitrogens with one attached hydrogen (secondary N) is 2. The lowest BCUT2D eigenvalue weighted by atomic mass is 9.99.